The fourth-order valence-electron chi connectivity index (χ4n) is 1.48. The molecule has 4 heteroatoms. The van der Waals surface area contributed by atoms with E-state index in [1.807, 2.05) is 0 Å². The molecule has 0 saturated heterocycles. The van der Waals surface area contributed by atoms with Crippen molar-refractivity contribution >= 4 is 17.4 Å². The Morgan fingerprint density at radius 2 is 2.00 bits per heavy atom. The minimum Gasteiger partial charge on any atom is -0.383 e. The van der Waals surface area contributed by atoms with E-state index in [-0.39, 0.29) is 5.82 Å². The zero-order chi connectivity index (χ0) is 11.5. The number of rotatable bonds is 2. The minimum atomic E-state index is -0.248. The molecule has 0 radical (unpaired) electrons. The van der Waals surface area contributed by atoms with Gasteiger partial charge in [-0.3, -0.25) is 0 Å². The second kappa shape index (κ2) is 4.49. The van der Waals surface area contributed by atoms with Crippen LogP contribution < -0.4 is 5.73 Å². The molecule has 0 bridgehead atoms. The predicted octanol–water partition coefficient (Wildman–Crippen LogP) is 3.05. The van der Waals surface area contributed by atoms with E-state index in [2.05, 4.69) is 4.98 Å². The van der Waals surface area contributed by atoms with Gasteiger partial charge in [-0.25, -0.2) is 9.37 Å². The van der Waals surface area contributed by atoms with Gasteiger partial charge in [0.2, 0.25) is 0 Å². The maximum atomic E-state index is 13.4. The number of nitrogen functional groups attached to an aromatic ring is 1. The lowest BCUT2D eigenvalue weighted by Crippen LogP contribution is -2.00. The summed E-state index contributed by atoms with van der Waals surface area (Å²) in [5.74, 6) is 0.134. The summed E-state index contributed by atoms with van der Waals surface area (Å²) in [6.45, 7) is 0. The molecule has 0 fully saturated rings. The monoisotopic (exact) mass is 236 g/mol. The van der Waals surface area contributed by atoms with E-state index in [9.17, 15) is 4.39 Å². The number of nitrogens with zero attached hydrogens (tertiary/aromatic N) is 1. The summed E-state index contributed by atoms with van der Waals surface area (Å²) >= 11 is 5.81. The molecule has 82 valence electrons. The quantitative estimate of drug-likeness (QED) is 0.871. The highest BCUT2D eigenvalue weighted by molar-refractivity contribution is 6.30. The second-order valence-corrected chi connectivity index (χ2v) is 3.90. The van der Waals surface area contributed by atoms with E-state index >= 15 is 0 Å². The smallest absolute Gasteiger partial charge is 0.126 e. The zero-order valence-corrected chi connectivity index (χ0v) is 9.21. The fraction of sp³-hybridized carbons (Fsp3) is 0.0833. The number of hydrogen-bond acceptors (Lipinski definition) is 2. The van der Waals surface area contributed by atoms with Crippen molar-refractivity contribution in [2.45, 2.75) is 6.42 Å². The zero-order valence-electron chi connectivity index (χ0n) is 8.45. The van der Waals surface area contributed by atoms with Gasteiger partial charge in [0.15, 0.2) is 0 Å². The van der Waals surface area contributed by atoms with Gasteiger partial charge in [0.05, 0.1) is 5.02 Å². The summed E-state index contributed by atoms with van der Waals surface area (Å²) in [4.78, 5) is 3.93. The molecule has 0 saturated carbocycles. The molecule has 0 aliphatic heterocycles. The Kier molecular flexibility index (Phi) is 3.06. The van der Waals surface area contributed by atoms with Crippen LogP contribution in [0.2, 0.25) is 5.02 Å². The van der Waals surface area contributed by atoms with Gasteiger partial charge in [-0.2, -0.15) is 0 Å². The molecule has 2 nitrogen and oxygen atoms in total. The van der Waals surface area contributed by atoms with Crippen LogP contribution >= 0.6 is 11.6 Å². The standard InChI is InChI=1S/C12H10ClFN2/c13-10-6-9(12(15)16-7-10)5-8-3-1-2-4-11(8)14/h1-4,6-7H,5H2,(H2,15,16). The third-order valence-electron chi connectivity index (χ3n) is 2.31. The van der Waals surface area contributed by atoms with Crippen LogP contribution in [-0.4, -0.2) is 4.98 Å². The van der Waals surface area contributed by atoms with E-state index in [0.717, 1.165) is 5.56 Å². The maximum Gasteiger partial charge on any atom is 0.126 e. The van der Waals surface area contributed by atoms with E-state index in [0.29, 0.717) is 22.8 Å². The van der Waals surface area contributed by atoms with Crippen LogP contribution in [0, 0.1) is 5.82 Å². The molecule has 1 heterocycles. The molecule has 16 heavy (non-hydrogen) atoms. The third kappa shape index (κ3) is 2.31. The number of anilines is 1. The number of aromatic nitrogens is 1. The highest BCUT2D eigenvalue weighted by atomic mass is 35.5. The average molecular weight is 237 g/mol. The molecule has 0 aliphatic rings. The molecular weight excluding hydrogens is 227 g/mol. The third-order valence-corrected chi connectivity index (χ3v) is 2.51. The van der Waals surface area contributed by atoms with Gasteiger partial charge < -0.3 is 5.73 Å². The molecule has 0 aliphatic carbocycles. The Morgan fingerprint density at radius 1 is 1.25 bits per heavy atom. The van der Waals surface area contributed by atoms with Crippen molar-refractivity contribution in [3.05, 3.63) is 58.5 Å². The Hall–Kier alpha value is -1.61. The number of pyridine rings is 1. The number of benzene rings is 1. The Balaban J connectivity index is 2.34. The highest BCUT2D eigenvalue weighted by Crippen LogP contribution is 2.19. The summed E-state index contributed by atoms with van der Waals surface area (Å²) in [7, 11) is 0. The van der Waals surface area contributed by atoms with E-state index in [1.165, 1.54) is 12.3 Å². The summed E-state index contributed by atoms with van der Waals surface area (Å²) < 4.78 is 13.4. The van der Waals surface area contributed by atoms with Crippen LogP contribution in [0.15, 0.2) is 36.5 Å². The van der Waals surface area contributed by atoms with Crippen LogP contribution in [0.4, 0.5) is 10.2 Å². The molecule has 2 aromatic rings. The van der Waals surface area contributed by atoms with Gasteiger partial charge in [0.25, 0.3) is 0 Å². The van der Waals surface area contributed by atoms with E-state index in [4.69, 9.17) is 17.3 Å². The fourth-order valence-corrected chi connectivity index (χ4v) is 1.66. The van der Waals surface area contributed by atoms with Crippen LogP contribution in [0.3, 0.4) is 0 Å². The Labute approximate surface area is 97.9 Å². The van der Waals surface area contributed by atoms with Crippen LogP contribution in [0.25, 0.3) is 0 Å². The molecular formula is C12H10ClFN2. The number of hydrogen-bond donors (Lipinski definition) is 1. The van der Waals surface area contributed by atoms with Gasteiger partial charge in [-0.1, -0.05) is 29.8 Å². The maximum absolute atomic E-state index is 13.4. The van der Waals surface area contributed by atoms with Crippen molar-refractivity contribution in [1.82, 2.24) is 4.98 Å². The number of halogens is 2. The molecule has 0 spiro atoms. The molecule has 1 aromatic carbocycles. The van der Waals surface area contributed by atoms with Crippen molar-refractivity contribution in [2.75, 3.05) is 5.73 Å². The van der Waals surface area contributed by atoms with Crippen molar-refractivity contribution in [2.24, 2.45) is 0 Å². The topological polar surface area (TPSA) is 38.9 Å². The van der Waals surface area contributed by atoms with Crippen molar-refractivity contribution in [1.29, 1.82) is 0 Å². The SMILES string of the molecule is Nc1ncc(Cl)cc1Cc1ccccc1F. The molecule has 0 atom stereocenters. The van der Waals surface area contributed by atoms with Crippen molar-refractivity contribution < 1.29 is 4.39 Å². The first-order valence-electron chi connectivity index (χ1n) is 4.80. The Bertz CT molecular complexity index is 514. The van der Waals surface area contributed by atoms with Crippen molar-refractivity contribution in [3.63, 3.8) is 0 Å². The summed E-state index contributed by atoms with van der Waals surface area (Å²) in [6.07, 6.45) is 1.87. The van der Waals surface area contributed by atoms with Gasteiger partial charge in [0.1, 0.15) is 11.6 Å². The second-order valence-electron chi connectivity index (χ2n) is 3.47. The van der Waals surface area contributed by atoms with Crippen LogP contribution in [0.5, 0.6) is 0 Å². The minimum absolute atomic E-state index is 0.248. The Morgan fingerprint density at radius 3 is 2.75 bits per heavy atom. The first-order chi connectivity index (χ1) is 7.66. The largest absolute Gasteiger partial charge is 0.383 e. The van der Waals surface area contributed by atoms with E-state index < -0.39 is 0 Å². The number of nitrogens with two attached hydrogens (primary N) is 1. The van der Waals surface area contributed by atoms with Gasteiger partial charge in [-0.15, -0.1) is 0 Å². The average Bonchev–Trinajstić information content (AvgIpc) is 2.27. The lowest BCUT2D eigenvalue weighted by Gasteiger charge is -2.06. The van der Waals surface area contributed by atoms with E-state index in [1.54, 1.807) is 24.3 Å². The lowest BCUT2D eigenvalue weighted by atomic mass is 10.1. The van der Waals surface area contributed by atoms with Gasteiger partial charge in [-0.05, 0) is 17.7 Å². The summed E-state index contributed by atoms with van der Waals surface area (Å²) in [5, 5.41) is 0.500. The van der Waals surface area contributed by atoms with Crippen LogP contribution in [-0.2, 0) is 6.42 Å². The molecule has 1 aromatic heterocycles. The highest BCUT2D eigenvalue weighted by Gasteiger charge is 2.06. The van der Waals surface area contributed by atoms with Gasteiger partial charge in [0, 0.05) is 18.2 Å². The first kappa shape index (κ1) is 10.9. The molecule has 2 rings (SSSR count). The first-order valence-corrected chi connectivity index (χ1v) is 5.18. The lowest BCUT2D eigenvalue weighted by molar-refractivity contribution is 0.614. The van der Waals surface area contributed by atoms with Crippen molar-refractivity contribution in [3.8, 4) is 0 Å². The molecule has 2 N–H and O–H groups in total. The predicted molar refractivity (Wildman–Crippen MR) is 62.9 cm³/mol. The van der Waals surface area contributed by atoms with Gasteiger partial charge >= 0.3 is 0 Å². The molecule has 0 amide bonds. The summed E-state index contributed by atoms with van der Waals surface area (Å²) in [5.41, 5.74) is 7.01. The van der Waals surface area contributed by atoms with Crippen LogP contribution in [0.1, 0.15) is 11.1 Å². The normalized spacial score (nSPS) is 10.4. The summed E-state index contributed by atoms with van der Waals surface area (Å²) in [6, 6.07) is 8.28. The molecule has 0 unspecified atom stereocenters.